The Morgan fingerprint density at radius 1 is 1.09 bits per heavy atom. The van der Waals surface area contributed by atoms with Crippen LogP contribution in [-0.2, 0) is 0 Å². The summed E-state index contributed by atoms with van der Waals surface area (Å²) in [6.07, 6.45) is 8.45. The van der Waals surface area contributed by atoms with E-state index in [1.807, 2.05) is 19.1 Å². The molecule has 0 aliphatic rings. The first-order valence-corrected chi connectivity index (χ1v) is 7.86. The number of aromatic nitrogens is 1. The van der Waals surface area contributed by atoms with E-state index in [0.717, 1.165) is 27.5 Å². The molecule has 0 bridgehead atoms. The summed E-state index contributed by atoms with van der Waals surface area (Å²) in [5.74, 6) is 0. The van der Waals surface area contributed by atoms with Gasteiger partial charge >= 0.3 is 0 Å². The SMILES string of the molecule is C=C(C)/C=C\c1c(C)c(=C)/c(=C\C=C(C)C)n1-c1ccccc1. The van der Waals surface area contributed by atoms with Crippen molar-refractivity contribution < 1.29 is 0 Å². The van der Waals surface area contributed by atoms with Gasteiger partial charge in [-0.05, 0) is 62.8 Å². The molecule has 23 heavy (non-hydrogen) atoms. The van der Waals surface area contributed by atoms with Crippen molar-refractivity contribution in [3.05, 3.63) is 82.0 Å². The van der Waals surface area contributed by atoms with E-state index in [0.29, 0.717) is 0 Å². The molecular weight excluding hydrogens is 278 g/mol. The highest BCUT2D eigenvalue weighted by atomic mass is 15.0. The fourth-order valence-electron chi connectivity index (χ4n) is 2.48. The van der Waals surface area contributed by atoms with E-state index in [-0.39, 0.29) is 0 Å². The van der Waals surface area contributed by atoms with Gasteiger partial charge in [0, 0.05) is 11.4 Å². The number of hydrogen-bond acceptors (Lipinski definition) is 0. The summed E-state index contributed by atoms with van der Waals surface area (Å²) in [7, 11) is 0. The van der Waals surface area contributed by atoms with Gasteiger partial charge in [-0.15, -0.1) is 0 Å². The number of nitrogens with zero attached hydrogens (tertiary/aromatic N) is 1. The molecule has 1 aromatic carbocycles. The smallest absolute Gasteiger partial charge is 0.0531 e. The van der Waals surface area contributed by atoms with Crippen molar-refractivity contribution in [2.45, 2.75) is 27.7 Å². The number of para-hydroxylation sites is 1. The van der Waals surface area contributed by atoms with E-state index in [2.05, 4.69) is 81.0 Å². The van der Waals surface area contributed by atoms with E-state index in [4.69, 9.17) is 0 Å². The van der Waals surface area contributed by atoms with Gasteiger partial charge in [0.05, 0.1) is 5.35 Å². The molecule has 0 aliphatic heterocycles. The lowest BCUT2D eigenvalue weighted by molar-refractivity contribution is 1.01. The predicted molar refractivity (Wildman–Crippen MR) is 103 cm³/mol. The van der Waals surface area contributed by atoms with Gasteiger partial charge in [-0.25, -0.2) is 0 Å². The van der Waals surface area contributed by atoms with Crippen LogP contribution in [0.15, 0.2) is 60.2 Å². The molecule has 0 amide bonds. The maximum absolute atomic E-state index is 4.29. The van der Waals surface area contributed by atoms with Crippen molar-refractivity contribution in [1.82, 2.24) is 4.57 Å². The molecule has 0 atom stereocenters. The second-order valence-corrected chi connectivity index (χ2v) is 6.14. The van der Waals surface area contributed by atoms with Gasteiger partial charge in [-0.1, -0.05) is 54.7 Å². The highest BCUT2D eigenvalue weighted by Crippen LogP contribution is 2.13. The Labute approximate surface area is 139 Å². The first-order valence-electron chi connectivity index (χ1n) is 7.86. The largest absolute Gasteiger partial charge is 0.310 e. The van der Waals surface area contributed by atoms with E-state index in [1.54, 1.807) is 0 Å². The molecule has 1 heteroatoms. The fourth-order valence-corrected chi connectivity index (χ4v) is 2.48. The third-order valence-corrected chi connectivity index (χ3v) is 3.74. The van der Waals surface area contributed by atoms with Crippen LogP contribution in [0.4, 0.5) is 0 Å². The summed E-state index contributed by atoms with van der Waals surface area (Å²) in [5, 5.41) is 2.18. The van der Waals surface area contributed by atoms with Gasteiger partial charge in [0.15, 0.2) is 0 Å². The van der Waals surface area contributed by atoms with Crippen LogP contribution in [0.25, 0.3) is 24.4 Å². The van der Waals surface area contributed by atoms with Crippen LogP contribution < -0.4 is 10.6 Å². The minimum atomic E-state index is 1.03. The lowest BCUT2D eigenvalue weighted by atomic mass is 10.2. The average molecular weight is 303 g/mol. The number of rotatable bonds is 4. The summed E-state index contributed by atoms with van der Waals surface area (Å²) in [4.78, 5) is 0. The highest BCUT2D eigenvalue weighted by molar-refractivity contribution is 5.59. The topological polar surface area (TPSA) is 4.93 Å². The van der Waals surface area contributed by atoms with E-state index in [9.17, 15) is 0 Å². The molecule has 0 radical (unpaired) electrons. The van der Waals surface area contributed by atoms with Crippen molar-refractivity contribution in [3.8, 4) is 5.69 Å². The van der Waals surface area contributed by atoms with Crippen LogP contribution in [0, 0.1) is 6.92 Å². The summed E-state index contributed by atoms with van der Waals surface area (Å²) >= 11 is 0. The number of hydrogen-bond donors (Lipinski definition) is 0. The lowest BCUT2D eigenvalue weighted by Gasteiger charge is -2.08. The van der Waals surface area contributed by atoms with Crippen LogP contribution in [0.1, 0.15) is 32.0 Å². The van der Waals surface area contributed by atoms with E-state index < -0.39 is 0 Å². The monoisotopic (exact) mass is 303 g/mol. The third-order valence-electron chi connectivity index (χ3n) is 3.74. The molecule has 1 nitrogen and oxygen atoms in total. The van der Waals surface area contributed by atoms with Crippen LogP contribution >= 0.6 is 0 Å². The predicted octanol–water partition coefficient (Wildman–Crippen LogP) is 4.53. The second kappa shape index (κ2) is 7.15. The maximum Gasteiger partial charge on any atom is 0.0531 e. The first kappa shape index (κ1) is 16.8. The third kappa shape index (κ3) is 3.81. The molecule has 1 aromatic heterocycles. The van der Waals surface area contributed by atoms with Gasteiger partial charge in [-0.3, -0.25) is 0 Å². The quantitative estimate of drug-likeness (QED) is 0.731. The second-order valence-electron chi connectivity index (χ2n) is 6.14. The fraction of sp³-hybridized carbons (Fsp3) is 0.182. The minimum Gasteiger partial charge on any atom is -0.310 e. The zero-order chi connectivity index (χ0) is 17.0. The van der Waals surface area contributed by atoms with Crippen molar-refractivity contribution in [3.63, 3.8) is 0 Å². The molecule has 0 saturated carbocycles. The number of benzene rings is 1. The summed E-state index contributed by atoms with van der Waals surface area (Å²) in [6, 6.07) is 10.4. The zero-order valence-corrected chi connectivity index (χ0v) is 14.6. The normalized spacial score (nSPS) is 11.9. The molecule has 2 rings (SSSR count). The Morgan fingerprint density at radius 2 is 1.74 bits per heavy atom. The first-order chi connectivity index (χ1) is 10.9. The molecule has 0 saturated heterocycles. The van der Waals surface area contributed by atoms with Gasteiger partial charge in [0.25, 0.3) is 0 Å². The van der Waals surface area contributed by atoms with Crippen molar-refractivity contribution in [1.29, 1.82) is 0 Å². The molecule has 0 aliphatic carbocycles. The summed E-state index contributed by atoms with van der Waals surface area (Å²) in [6.45, 7) is 16.6. The lowest BCUT2D eigenvalue weighted by Crippen LogP contribution is -2.27. The van der Waals surface area contributed by atoms with Crippen molar-refractivity contribution >= 4 is 18.7 Å². The molecule has 0 fully saturated rings. The Bertz CT molecular complexity index is 870. The standard InChI is InChI=1S/C22H25N/c1-16(2)12-14-21-18(5)19(6)22(15-13-17(3)4)23(21)20-10-8-7-9-11-20/h7-15H,1,6H2,2-5H3/b14-12-,22-15+. The average Bonchev–Trinajstić information content (AvgIpc) is 2.75. The van der Waals surface area contributed by atoms with Crippen LogP contribution in [-0.4, -0.2) is 4.57 Å². The van der Waals surface area contributed by atoms with Crippen molar-refractivity contribution in [2.24, 2.45) is 0 Å². The Hall–Kier alpha value is -2.54. The summed E-state index contributed by atoms with van der Waals surface area (Å²) < 4.78 is 2.26. The maximum atomic E-state index is 4.29. The number of allylic oxidation sites excluding steroid dienone is 4. The van der Waals surface area contributed by atoms with Gasteiger partial charge in [0.2, 0.25) is 0 Å². The highest BCUT2D eigenvalue weighted by Gasteiger charge is 2.09. The van der Waals surface area contributed by atoms with Crippen molar-refractivity contribution in [2.75, 3.05) is 0 Å². The van der Waals surface area contributed by atoms with Crippen LogP contribution in [0.3, 0.4) is 0 Å². The van der Waals surface area contributed by atoms with Gasteiger partial charge in [0.1, 0.15) is 0 Å². The Kier molecular flexibility index (Phi) is 5.23. The van der Waals surface area contributed by atoms with E-state index >= 15 is 0 Å². The molecule has 0 spiro atoms. The van der Waals surface area contributed by atoms with Crippen LogP contribution in [0.5, 0.6) is 0 Å². The van der Waals surface area contributed by atoms with Crippen LogP contribution in [0.2, 0.25) is 0 Å². The van der Waals surface area contributed by atoms with E-state index in [1.165, 1.54) is 11.1 Å². The van der Waals surface area contributed by atoms with Gasteiger partial charge in [-0.2, -0.15) is 0 Å². The van der Waals surface area contributed by atoms with Gasteiger partial charge < -0.3 is 4.57 Å². The zero-order valence-electron chi connectivity index (χ0n) is 14.6. The Balaban J connectivity index is 2.86. The molecule has 1 heterocycles. The minimum absolute atomic E-state index is 1.03. The molecular formula is C22H25N. The summed E-state index contributed by atoms with van der Waals surface area (Å²) in [5.41, 5.74) is 5.78. The molecule has 0 N–H and O–H groups in total. The Morgan fingerprint density at radius 3 is 2.30 bits per heavy atom. The molecule has 118 valence electrons. The molecule has 0 unspecified atom stereocenters. The molecule has 2 aromatic rings.